The van der Waals surface area contributed by atoms with E-state index in [2.05, 4.69) is 13.8 Å². The van der Waals surface area contributed by atoms with Crippen LogP contribution in [0.3, 0.4) is 0 Å². The van der Waals surface area contributed by atoms with Crippen LogP contribution in [0.1, 0.15) is 108 Å². The Kier molecular flexibility index (Phi) is 15.2. The minimum absolute atomic E-state index is 0.148. The van der Waals surface area contributed by atoms with Gasteiger partial charge in [-0.1, -0.05) is 108 Å². The van der Waals surface area contributed by atoms with E-state index < -0.39 is 10.9 Å². The second kappa shape index (κ2) is 20.0. The van der Waals surface area contributed by atoms with Gasteiger partial charge in [0.1, 0.15) is 11.5 Å². The summed E-state index contributed by atoms with van der Waals surface area (Å²) >= 11 is 0. The molecule has 1 atom stereocenters. The second-order valence-electron chi connectivity index (χ2n) is 12.9. The summed E-state index contributed by atoms with van der Waals surface area (Å²) in [6.07, 6.45) is 13.8. The van der Waals surface area contributed by atoms with Crippen LogP contribution < -0.4 is 19.9 Å². The van der Waals surface area contributed by atoms with Crippen molar-refractivity contribution in [2.45, 2.75) is 104 Å². The Labute approximate surface area is 297 Å². The highest BCUT2D eigenvalue weighted by molar-refractivity contribution is 5.92. The van der Waals surface area contributed by atoms with Crippen LogP contribution in [-0.2, 0) is 0 Å². The lowest BCUT2D eigenvalue weighted by molar-refractivity contribution is -0.386. The number of hydrogen-bond acceptors (Lipinski definition) is 7. The highest BCUT2D eigenvalue weighted by Gasteiger charge is 2.21. The number of unbranched alkanes of at least 4 members (excludes halogenated alkanes) is 9. The van der Waals surface area contributed by atoms with Crippen LogP contribution in [0, 0.1) is 10.1 Å². The lowest BCUT2D eigenvalue weighted by Gasteiger charge is -2.16. The number of nitro benzene ring substituents is 1. The van der Waals surface area contributed by atoms with Crippen molar-refractivity contribution in [1.82, 2.24) is 0 Å². The third kappa shape index (κ3) is 11.6. The molecule has 0 radical (unpaired) electrons. The van der Waals surface area contributed by atoms with E-state index in [9.17, 15) is 14.9 Å². The Bertz CT molecular complexity index is 1640. The molecule has 0 aliphatic heterocycles. The van der Waals surface area contributed by atoms with Crippen LogP contribution in [-0.4, -0.2) is 23.6 Å². The minimum Gasteiger partial charge on any atom is -0.494 e. The number of nitrogens with zero attached hydrogens (tertiary/aromatic N) is 1. The number of anilines is 1. The molecule has 4 aromatic carbocycles. The van der Waals surface area contributed by atoms with Gasteiger partial charge >= 0.3 is 11.7 Å². The largest absolute Gasteiger partial charge is 0.494 e. The van der Waals surface area contributed by atoms with Gasteiger partial charge in [-0.3, -0.25) is 10.1 Å². The van der Waals surface area contributed by atoms with E-state index >= 15 is 0 Å². The zero-order valence-electron chi connectivity index (χ0n) is 29.8. The molecule has 50 heavy (non-hydrogen) atoms. The molecule has 0 amide bonds. The molecule has 0 bridgehead atoms. The molecule has 8 nitrogen and oxygen atoms in total. The van der Waals surface area contributed by atoms with Gasteiger partial charge in [0.25, 0.3) is 0 Å². The molecule has 0 aliphatic rings. The van der Waals surface area contributed by atoms with Gasteiger partial charge in [-0.2, -0.15) is 0 Å². The van der Waals surface area contributed by atoms with Crippen molar-refractivity contribution < 1.29 is 23.9 Å². The molecule has 0 saturated heterocycles. The number of nitrogen functional groups attached to an aromatic ring is 1. The Balaban J connectivity index is 1.31. The van der Waals surface area contributed by atoms with Crippen molar-refractivity contribution in [1.29, 1.82) is 0 Å². The predicted octanol–water partition coefficient (Wildman–Crippen LogP) is 11.6. The Morgan fingerprint density at radius 3 is 1.86 bits per heavy atom. The lowest BCUT2D eigenvalue weighted by atomic mass is 10.0. The number of rotatable bonds is 21. The van der Waals surface area contributed by atoms with Gasteiger partial charge in [-0.25, -0.2) is 4.79 Å². The van der Waals surface area contributed by atoms with Gasteiger partial charge in [0.15, 0.2) is 5.75 Å². The highest BCUT2D eigenvalue weighted by atomic mass is 16.6. The Morgan fingerprint density at radius 1 is 0.720 bits per heavy atom. The number of carbonyl (C=O) groups is 1. The smallest absolute Gasteiger partial charge is 0.343 e. The van der Waals surface area contributed by atoms with Crippen molar-refractivity contribution in [3.05, 3.63) is 101 Å². The molecule has 0 fully saturated rings. The molecule has 0 heterocycles. The Hall–Kier alpha value is -4.85. The lowest BCUT2D eigenvalue weighted by Crippen LogP contribution is -2.13. The maximum Gasteiger partial charge on any atom is 0.343 e. The third-order valence-electron chi connectivity index (χ3n) is 8.82. The number of nitro groups is 1. The molecule has 0 saturated carbocycles. The average Bonchev–Trinajstić information content (AvgIpc) is 3.12. The summed E-state index contributed by atoms with van der Waals surface area (Å²) < 4.78 is 17.5. The van der Waals surface area contributed by atoms with E-state index in [-0.39, 0.29) is 17.5 Å². The van der Waals surface area contributed by atoms with Crippen molar-refractivity contribution in [2.24, 2.45) is 0 Å². The number of ether oxygens (including phenoxy) is 3. The van der Waals surface area contributed by atoms with Gasteiger partial charge in [0.2, 0.25) is 0 Å². The van der Waals surface area contributed by atoms with Gasteiger partial charge < -0.3 is 19.9 Å². The number of nitrogens with two attached hydrogens (primary N) is 1. The van der Waals surface area contributed by atoms with Crippen LogP contribution in [0.2, 0.25) is 0 Å². The predicted molar refractivity (Wildman–Crippen MR) is 202 cm³/mol. The quantitative estimate of drug-likeness (QED) is 0.0232. The van der Waals surface area contributed by atoms with Gasteiger partial charge in [0.05, 0.1) is 23.2 Å². The standard InChI is InChI=1S/C42H52N2O6/c1-4-6-8-10-11-12-14-28-48-36-24-20-32(21-25-36)33-22-26-37(27-23-33)50-42(45)35-18-16-34(17-19-35)38-29-40(44(46)47)41(30-39(38)43)49-31(3)15-13-9-7-5-2/h16-27,29-31H,4-15,28,43H2,1-3H3/t31-/m1/s1. The zero-order valence-corrected chi connectivity index (χ0v) is 29.8. The number of carbonyl (C=O) groups excluding carboxylic acids is 1. The van der Waals surface area contributed by atoms with E-state index in [4.69, 9.17) is 19.9 Å². The average molecular weight is 681 g/mol. The fourth-order valence-corrected chi connectivity index (χ4v) is 5.87. The first kappa shape index (κ1) is 38.0. The van der Waals surface area contributed by atoms with E-state index in [1.54, 1.807) is 36.4 Å². The van der Waals surface area contributed by atoms with Gasteiger partial charge in [0, 0.05) is 23.4 Å². The molecule has 0 aromatic heterocycles. The fraction of sp³-hybridized carbons (Fsp3) is 0.405. The summed E-state index contributed by atoms with van der Waals surface area (Å²) in [6, 6.07) is 25.0. The Morgan fingerprint density at radius 2 is 1.26 bits per heavy atom. The van der Waals surface area contributed by atoms with Crippen LogP contribution >= 0.6 is 0 Å². The minimum atomic E-state index is -0.512. The van der Waals surface area contributed by atoms with Crippen LogP contribution in [0.15, 0.2) is 84.9 Å². The number of esters is 1. The SMILES string of the molecule is CCCCCCCCCOc1ccc(-c2ccc(OC(=O)c3ccc(-c4cc([N+](=O)[O-])c(O[C@H](C)CCCCCC)cc4N)cc3)cc2)cc1. The third-order valence-corrected chi connectivity index (χ3v) is 8.82. The van der Waals surface area contributed by atoms with Gasteiger partial charge in [-0.15, -0.1) is 0 Å². The van der Waals surface area contributed by atoms with Gasteiger partial charge in [-0.05, 0) is 79.3 Å². The maximum atomic E-state index is 12.9. The van der Waals surface area contributed by atoms with Crippen LogP contribution in [0.25, 0.3) is 22.3 Å². The summed E-state index contributed by atoms with van der Waals surface area (Å²) in [5.41, 5.74) is 10.1. The molecule has 8 heteroatoms. The summed E-state index contributed by atoms with van der Waals surface area (Å²) in [6.45, 7) is 7.04. The van der Waals surface area contributed by atoms with Crippen molar-refractivity contribution >= 4 is 17.3 Å². The number of benzene rings is 4. The van der Waals surface area contributed by atoms with Crippen LogP contribution in [0.4, 0.5) is 11.4 Å². The van der Waals surface area contributed by atoms with Crippen molar-refractivity contribution in [2.75, 3.05) is 12.3 Å². The first-order valence-corrected chi connectivity index (χ1v) is 18.2. The van der Waals surface area contributed by atoms with E-state index in [0.29, 0.717) is 28.1 Å². The molecule has 266 valence electrons. The monoisotopic (exact) mass is 680 g/mol. The second-order valence-corrected chi connectivity index (χ2v) is 12.9. The first-order valence-electron chi connectivity index (χ1n) is 18.2. The molecular weight excluding hydrogens is 628 g/mol. The van der Waals surface area contributed by atoms with Crippen LogP contribution in [0.5, 0.6) is 17.2 Å². The molecule has 4 rings (SSSR count). The van der Waals surface area contributed by atoms with Crippen molar-refractivity contribution in [3.63, 3.8) is 0 Å². The van der Waals surface area contributed by atoms with E-state index in [0.717, 1.165) is 62.0 Å². The maximum absolute atomic E-state index is 12.9. The first-order chi connectivity index (χ1) is 24.3. The molecule has 2 N–H and O–H groups in total. The normalized spacial score (nSPS) is 11.6. The zero-order chi connectivity index (χ0) is 35.7. The fourth-order valence-electron chi connectivity index (χ4n) is 5.87. The highest BCUT2D eigenvalue weighted by Crippen LogP contribution is 2.38. The van der Waals surface area contributed by atoms with E-state index in [1.165, 1.54) is 50.7 Å². The number of hydrogen-bond donors (Lipinski definition) is 1. The van der Waals surface area contributed by atoms with E-state index in [1.807, 2.05) is 43.3 Å². The summed E-state index contributed by atoms with van der Waals surface area (Å²) in [5, 5.41) is 11.9. The molecule has 0 unspecified atom stereocenters. The summed E-state index contributed by atoms with van der Waals surface area (Å²) in [4.78, 5) is 24.4. The summed E-state index contributed by atoms with van der Waals surface area (Å²) in [5.74, 6) is 0.932. The topological polar surface area (TPSA) is 114 Å². The molecular formula is C42H52N2O6. The summed E-state index contributed by atoms with van der Waals surface area (Å²) in [7, 11) is 0. The molecule has 0 spiro atoms. The van der Waals surface area contributed by atoms with Crippen molar-refractivity contribution in [3.8, 4) is 39.5 Å². The molecule has 0 aliphatic carbocycles. The molecule has 4 aromatic rings.